The van der Waals surface area contributed by atoms with Crippen LogP contribution in [0.3, 0.4) is 0 Å². The molecule has 136 valence electrons. The molecule has 0 unspecified atom stereocenters. The van der Waals surface area contributed by atoms with E-state index in [1.165, 1.54) is 14.0 Å². The predicted molar refractivity (Wildman–Crippen MR) is 72.0 cm³/mol. The van der Waals surface area contributed by atoms with Crippen LogP contribution in [0.25, 0.3) is 0 Å². The van der Waals surface area contributed by atoms with E-state index in [1.807, 2.05) is 0 Å². The molecule has 0 saturated carbocycles. The Morgan fingerprint density at radius 2 is 1.48 bits per heavy atom. The van der Waals surface area contributed by atoms with Crippen molar-refractivity contribution in [2.45, 2.75) is 68.3 Å². The van der Waals surface area contributed by atoms with Gasteiger partial charge in [-0.05, 0) is 6.92 Å². The minimum Gasteiger partial charge on any atom is -0.394 e. The fourth-order valence-corrected chi connectivity index (χ4v) is 2.69. The van der Waals surface area contributed by atoms with E-state index in [0.29, 0.717) is 0 Å². The monoisotopic (exact) mass is 340 g/mol. The maximum Gasteiger partial charge on any atom is 0.187 e. The molecule has 0 amide bonds. The molecule has 6 N–H and O–H groups in total. The first kappa shape index (κ1) is 18.9. The summed E-state index contributed by atoms with van der Waals surface area (Å²) in [6.07, 6.45) is -13.0. The first-order valence-corrected chi connectivity index (χ1v) is 7.32. The highest BCUT2D eigenvalue weighted by Crippen LogP contribution is 2.29. The van der Waals surface area contributed by atoms with Crippen LogP contribution in [0.4, 0.5) is 0 Å². The van der Waals surface area contributed by atoms with Gasteiger partial charge in [0.15, 0.2) is 12.6 Å². The van der Waals surface area contributed by atoms with E-state index >= 15 is 0 Å². The highest BCUT2D eigenvalue weighted by Gasteiger charge is 2.50. The lowest BCUT2D eigenvalue weighted by Crippen LogP contribution is -2.64. The third-order valence-electron chi connectivity index (χ3n) is 4.15. The molecule has 2 rings (SSSR count). The standard InChI is InChI=1S/C13H24O10/c1-4-6(15)8(17)9(18)13(21-4)23-11-7(16)5(3-14)22-12(20-2)10(11)19/h4-19H,3H2,1-2H3/t4-,5+,6+,7-,8+,9-,10+,11-,12-,13-/m0/s1. The van der Waals surface area contributed by atoms with Crippen LogP contribution in [0.1, 0.15) is 6.92 Å². The molecular weight excluding hydrogens is 316 g/mol. The number of aliphatic hydroxyl groups is 6. The topological polar surface area (TPSA) is 158 Å². The van der Waals surface area contributed by atoms with Crippen LogP contribution in [-0.2, 0) is 18.9 Å². The molecule has 10 heteroatoms. The van der Waals surface area contributed by atoms with Gasteiger partial charge in [0.05, 0.1) is 12.7 Å². The van der Waals surface area contributed by atoms with E-state index in [4.69, 9.17) is 18.9 Å². The molecule has 0 aromatic heterocycles. The van der Waals surface area contributed by atoms with Crippen molar-refractivity contribution in [2.24, 2.45) is 0 Å². The van der Waals surface area contributed by atoms with Gasteiger partial charge in [-0.2, -0.15) is 0 Å². The molecule has 0 radical (unpaired) electrons. The lowest BCUT2D eigenvalue weighted by Gasteiger charge is -2.45. The maximum atomic E-state index is 10.1. The zero-order valence-corrected chi connectivity index (χ0v) is 12.8. The minimum absolute atomic E-state index is 0.542. The summed E-state index contributed by atoms with van der Waals surface area (Å²) < 4.78 is 20.8. The zero-order valence-electron chi connectivity index (χ0n) is 12.8. The van der Waals surface area contributed by atoms with E-state index in [9.17, 15) is 30.6 Å². The number of methoxy groups -OCH3 is 1. The molecule has 10 nitrogen and oxygen atoms in total. The summed E-state index contributed by atoms with van der Waals surface area (Å²) in [6.45, 7) is 0.931. The quantitative estimate of drug-likeness (QED) is 0.300. The Morgan fingerprint density at radius 3 is 2.04 bits per heavy atom. The second kappa shape index (κ2) is 7.66. The van der Waals surface area contributed by atoms with Gasteiger partial charge in [-0.1, -0.05) is 0 Å². The van der Waals surface area contributed by atoms with E-state index in [0.717, 1.165) is 0 Å². The summed E-state index contributed by atoms with van der Waals surface area (Å²) in [5, 5.41) is 58.9. The molecule has 2 heterocycles. The summed E-state index contributed by atoms with van der Waals surface area (Å²) in [4.78, 5) is 0. The van der Waals surface area contributed by atoms with Gasteiger partial charge < -0.3 is 49.6 Å². The molecule has 2 fully saturated rings. The molecule has 0 aromatic rings. The SMILES string of the molecule is CO[C@H]1O[C@H](CO)[C@H](O)[C@H](O[C@@H]2O[C@@H](C)[C@@H](O)[C@@H](O)[C@@H]2O)[C@H]1O. The highest BCUT2D eigenvalue weighted by atomic mass is 16.7. The molecule has 0 spiro atoms. The summed E-state index contributed by atoms with van der Waals surface area (Å²) in [5.74, 6) is 0. The van der Waals surface area contributed by atoms with Crippen LogP contribution in [0.15, 0.2) is 0 Å². The summed E-state index contributed by atoms with van der Waals surface area (Å²) in [6, 6.07) is 0. The average Bonchev–Trinajstić information content (AvgIpc) is 2.54. The van der Waals surface area contributed by atoms with Gasteiger partial charge in [-0.15, -0.1) is 0 Å². The van der Waals surface area contributed by atoms with Crippen molar-refractivity contribution in [3.63, 3.8) is 0 Å². The Balaban J connectivity index is 2.12. The Hall–Kier alpha value is -0.400. The molecule has 2 saturated heterocycles. The fraction of sp³-hybridized carbons (Fsp3) is 1.00. The van der Waals surface area contributed by atoms with Gasteiger partial charge in [0, 0.05) is 7.11 Å². The summed E-state index contributed by atoms with van der Waals surface area (Å²) in [5.41, 5.74) is 0. The number of hydrogen-bond acceptors (Lipinski definition) is 10. The van der Waals surface area contributed by atoms with Crippen molar-refractivity contribution in [1.29, 1.82) is 0 Å². The van der Waals surface area contributed by atoms with Crippen LogP contribution < -0.4 is 0 Å². The molecule has 2 aliphatic rings. The first-order valence-electron chi connectivity index (χ1n) is 7.32. The molecule has 23 heavy (non-hydrogen) atoms. The van der Waals surface area contributed by atoms with Gasteiger partial charge in [0.2, 0.25) is 0 Å². The largest absolute Gasteiger partial charge is 0.394 e. The zero-order chi connectivity index (χ0) is 17.3. The van der Waals surface area contributed by atoms with Gasteiger partial charge >= 0.3 is 0 Å². The Bertz CT molecular complexity index is 366. The van der Waals surface area contributed by atoms with Gasteiger partial charge in [-0.3, -0.25) is 0 Å². The van der Waals surface area contributed by atoms with E-state index in [1.54, 1.807) is 0 Å². The van der Waals surface area contributed by atoms with Crippen molar-refractivity contribution in [1.82, 2.24) is 0 Å². The third kappa shape index (κ3) is 3.66. The Kier molecular flexibility index (Phi) is 6.30. The normalized spacial score (nSPS) is 51.7. The molecule has 10 atom stereocenters. The fourth-order valence-electron chi connectivity index (χ4n) is 2.69. The van der Waals surface area contributed by atoms with Crippen LogP contribution >= 0.6 is 0 Å². The number of ether oxygens (including phenoxy) is 4. The van der Waals surface area contributed by atoms with Crippen molar-refractivity contribution in [3.8, 4) is 0 Å². The van der Waals surface area contributed by atoms with Crippen LogP contribution in [-0.4, -0.2) is 106 Å². The third-order valence-corrected chi connectivity index (χ3v) is 4.15. The number of rotatable bonds is 4. The van der Waals surface area contributed by atoms with Crippen molar-refractivity contribution < 1.29 is 49.6 Å². The van der Waals surface area contributed by atoms with E-state index in [2.05, 4.69) is 0 Å². The average molecular weight is 340 g/mol. The van der Waals surface area contributed by atoms with Crippen LogP contribution in [0.5, 0.6) is 0 Å². The smallest absolute Gasteiger partial charge is 0.187 e. The first-order chi connectivity index (χ1) is 10.8. The molecule has 0 bridgehead atoms. The van der Waals surface area contributed by atoms with Gasteiger partial charge in [-0.25, -0.2) is 0 Å². The Labute approximate surface area is 132 Å². The van der Waals surface area contributed by atoms with Gasteiger partial charge in [0.25, 0.3) is 0 Å². The maximum absolute atomic E-state index is 10.1. The van der Waals surface area contributed by atoms with Crippen molar-refractivity contribution in [3.05, 3.63) is 0 Å². The van der Waals surface area contributed by atoms with Gasteiger partial charge in [0.1, 0.15) is 42.7 Å². The lowest BCUT2D eigenvalue weighted by molar-refractivity contribution is -0.355. The van der Waals surface area contributed by atoms with E-state index < -0.39 is 68.0 Å². The second-order valence-electron chi connectivity index (χ2n) is 5.72. The second-order valence-corrected chi connectivity index (χ2v) is 5.72. The molecule has 0 aliphatic carbocycles. The Morgan fingerprint density at radius 1 is 0.826 bits per heavy atom. The summed E-state index contributed by atoms with van der Waals surface area (Å²) >= 11 is 0. The van der Waals surface area contributed by atoms with Crippen molar-refractivity contribution >= 4 is 0 Å². The van der Waals surface area contributed by atoms with Crippen LogP contribution in [0.2, 0.25) is 0 Å². The highest BCUT2D eigenvalue weighted by molar-refractivity contribution is 4.93. The summed E-state index contributed by atoms with van der Waals surface area (Å²) in [7, 11) is 1.27. The molecule has 2 aliphatic heterocycles. The number of aliphatic hydroxyl groups excluding tert-OH is 6. The minimum atomic E-state index is -1.59. The lowest BCUT2D eigenvalue weighted by atomic mass is 9.97. The van der Waals surface area contributed by atoms with Crippen LogP contribution in [0, 0.1) is 0 Å². The molecular formula is C13H24O10. The molecule has 0 aromatic carbocycles. The van der Waals surface area contributed by atoms with Crippen molar-refractivity contribution in [2.75, 3.05) is 13.7 Å². The number of hydrogen-bond donors (Lipinski definition) is 6. The van der Waals surface area contributed by atoms with E-state index in [-0.39, 0.29) is 0 Å². The predicted octanol–water partition coefficient (Wildman–Crippen LogP) is -3.72.